The molecule has 2 bridgehead atoms. The molecule has 20 heavy (non-hydrogen) atoms. The maximum Gasteiger partial charge on any atom is 0.123 e. The van der Waals surface area contributed by atoms with E-state index in [1.54, 1.807) is 0 Å². The zero-order chi connectivity index (χ0) is 13.8. The van der Waals surface area contributed by atoms with E-state index >= 15 is 0 Å². The fourth-order valence-electron chi connectivity index (χ4n) is 3.15. The van der Waals surface area contributed by atoms with Crippen LogP contribution in [0.1, 0.15) is 18.4 Å². The van der Waals surface area contributed by atoms with E-state index in [1.807, 2.05) is 13.1 Å². The Morgan fingerprint density at radius 3 is 2.75 bits per heavy atom. The molecule has 3 rings (SSSR count). The van der Waals surface area contributed by atoms with E-state index in [2.05, 4.69) is 28.4 Å². The van der Waals surface area contributed by atoms with Gasteiger partial charge in [-0.15, -0.1) is 0 Å². The van der Waals surface area contributed by atoms with Crippen LogP contribution in [0, 0.1) is 0 Å². The van der Waals surface area contributed by atoms with Crippen LogP contribution >= 0.6 is 0 Å². The van der Waals surface area contributed by atoms with Gasteiger partial charge >= 0.3 is 0 Å². The number of likely N-dealkylation sites (tertiary alicyclic amines) is 1. The van der Waals surface area contributed by atoms with Gasteiger partial charge in [0.05, 0.1) is 12.2 Å². The summed E-state index contributed by atoms with van der Waals surface area (Å²) in [6.07, 6.45) is 3.38. The number of fused-ring (bicyclic) bond motifs is 2. The summed E-state index contributed by atoms with van der Waals surface area (Å²) in [5.41, 5.74) is 1.22. The summed E-state index contributed by atoms with van der Waals surface area (Å²) >= 11 is 0. The highest BCUT2D eigenvalue weighted by molar-refractivity contribution is 5.33. The second kappa shape index (κ2) is 6.57. The van der Waals surface area contributed by atoms with Crippen molar-refractivity contribution in [2.24, 2.45) is 0 Å². The maximum atomic E-state index is 5.96. The quantitative estimate of drug-likeness (QED) is 0.856. The Bertz CT molecular complexity index is 426. The van der Waals surface area contributed by atoms with Gasteiger partial charge in [0.2, 0.25) is 0 Å². The van der Waals surface area contributed by atoms with Crippen molar-refractivity contribution in [2.75, 3.05) is 33.3 Å². The molecule has 1 aromatic rings. The minimum Gasteiger partial charge on any atom is -0.492 e. The molecule has 2 aliphatic rings. The van der Waals surface area contributed by atoms with Crippen molar-refractivity contribution in [1.82, 2.24) is 10.2 Å². The molecule has 2 aliphatic heterocycles. The Hall–Kier alpha value is -1.10. The lowest BCUT2D eigenvalue weighted by atomic mass is 10.2. The SMILES string of the molecule is CNCc1ccccc1OCCN1CC2CCC(C1)O2. The maximum absolute atomic E-state index is 5.96. The third-order valence-corrected chi connectivity index (χ3v) is 4.12. The highest BCUT2D eigenvalue weighted by atomic mass is 16.5. The second-order valence-corrected chi connectivity index (χ2v) is 5.70. The monoisotopic (exact) mass is 276 g/mol. The first-order valence-corrected chi connectivity index (χ1v) is 7.58. The number of para-hydroxylation sites is 1. The number of hydrogen-bond donors (Lipinski definition) is 1. The van der Waals surface area contributed by atoms with Gasteiger partial charge in [0.25, 0.3) is 0 Å². The molecule has 1 N–H and O–H groups in total. The lowest BCUT2D eigenvalue weighted by Crippen LogP contribution is -2.44. The van der Waals surface area contributed by atoms with Crippen molar-refractivity contribution >= 4 is 0 Å². The number of nitrogens with zero attached hydrogens (tertiary/aromatic N) is 1. The van der Waals surface area contributed by atoms with E-state index in [0.29, 0.717) is 12.2 Å². The zero-order valence-electron chi connectivity index (χ0n) is 12.2. The van der Waals surface area contributed by atoms with Gasteiger partial charge in [0, 0.05) is 31.7 Å². The lowest BCUT2D eigenvalue weighted by Gasteiger charge is -2.31. The normalized spacial score (nSPS) is 25.9. The first kappa shape index (κ1) is 13.9. The average Bonchev–Trinajstić information content (AvgIpc) is 2.80. The van der Waals surface area contributed by atoms with Crippen molar-refractivity contribution in [3.8, 4) is 5.75 Å². The van der Waals surface area contributed by atoms with Crippen molar-refractivity contribution in [3.63, 3.8) is 0 Å². The van der Waals surface area contributed by atoms with Crippen LogP contribution in [-0.4, -0.2) is 50.4 Å². The predicted octanol–water partition coefficient (Wildman–Crippen LogP) is 1.65. The Morgan fingerprint density at radius 2 is 2.00 bits per heavy atom. The van der Waals surface area contributed by atoms with Crippen molar-refractivity contribution in [2.45, 2.75) is 31.6 Å². The third kappa shape index (κ3) is 3.32. The molecule has 1 aromatic carbocycles. The summed E-state index contributed by atoms with van der Waals surface area (Å²) in [5, 5.41) is 3.18. The van der Waals surface area contributed by atoms with Gasteiger partial charge in [-0.25, -0.2) is 0 Å². The Labute approximate surface area is 121 Å². The molecule has 0 radical (unpaired) electrons. The molecular weight excluding hydrogens is 252 g/mol. The van der Waals surface area contributed by atoms with E-state index in [-0.39, 0.29) is 0 Å². The lowest BCUT2D eigenvalue weighted by molar-refractivity contribution is -0.0409. The van der Waals surface area contributed by atoms with Gasteiger partial charge in [0.15, 0.2) is 0 Å². The molecule has 110 valence electrons. The topological polar surface area (TPSA) is 33.7 Å². The highest BCUT2D eigenvalue weighted by Gasteiger charge is 2.33. The van der Waals surface area contributed by atoms with Gasteiger partial charge in [-0.2, -0.15) is 0 Å². The molecule has 4 nitrogen and oxygen atoms in total. The van der Waals surface area contributed by atoms with Crippen molar-refractivity contribution in [3.05, 3.63) is 29.8 Å². The van der Waals surface area contributed by atoms with Crippen molar-refractivity contribution in [1.29, 1.82) is 0 Å². The van der Waals surface area contributed by atoms with Crippen LogP contribution in [0.15, 0.2) is 24.3 Å². The van der Waals surface area contributed by atoms with Crippen LogP contribution in [0.5, 0.6) is 5.75 Å². The van der Waals surface area contributed by atoms with Crippen LogP contribution in [0.4, 0.5) is 0 Å². The molecule has 2 saturated heterocycles. The number of benzene rings is 1. The van der Waals surface area contributed by atoms with Crippen LogP contribution in [0.25, 0.3) is 0 Å². The molecule has 0 aliphatic carbocycles. The van der Waals surface area contributed by atoms with E-state index in [4.69, 9.17) is 9.47 Å². The summed E-state index contributed by atoms with van der Waals surface area (Å²) in [4.78, 5) is 2.48. The highest BCUT2D eigenvalue weighted by Crippen LogP contribution is 2.26. The van der Waals surface area contributed by atoms with E-state index < -0.39 is 0 Å². The standard InChI is InChI=1S/C16H24N2O2/c1-17-10-13-4-2-3-5-16(13)19-9-8-18-11-14-6-7-15(12-18)20-14/h2-5,14-15,17H,6-12H2,1H3. The molecule has 2 unspecified atom stereocenters. The van der Waals surface area contributed by atoms with Crippen LogP contribution < -0.4 is 10.1 Å². The van der Waals surface area contributed by atoms with Gasteiger partial charge in [-0.05, 0) is 26.0 Å². The predicted molar refractivity (Wildman–Crippen MR) is 79.0 cm³/mol. The van der Waals surface area contributed by atoms with E-state index in [9.17, 15) is 0 Å². The fraction of sp³-hybridized carbons (Fsp3) is 0.625. The molecule has 2 atom stereocenters. The van der Waals surface area contributed by atoms with Gasteiger partial charge < -0.3 is 14.8 Å². The fourth-order valence-corrected chi connectivity index (χ4v) is 3.15. The largest absolute Gasteiger partial charge is 0.492 e. The number of nitrogens with one attached hydrogen (secondary N) is 1. The van der Waals surface area contributed by atoms with E-state index in [1.165, 1.54) is 18.4 Å². The minimum atomic E-state index is 0.463. The molecule has 0 spiro atoms. The molecule has 0 amide bonds. The summed E-state index contributed by atoms with van der Waals surface area (Å²) in [6, 6.07) is 8.25. The zero-order valence-corrected chi connectivity index (χ0v) is 12.2. The molecular formula is C16H24N2O2. The Kier molecular flexibility index (Phi) is 4.55. The first-order chi connectivity index (χ1) is 9.85. The molecule has 0 saturated carbocycles. The second-order valence-electron chi connectivity index (χ2n) is 5.70. The number of rotatable bonds is 6. The molecule has 2 heterocycles. The van der Waals surface area contributed by atoms with Gasteiger partial charge in [0.1, 0.15) is 12.4 Å². The third-order valence-electron chi connectivity index (χ3n) is 4.12. The Balaban J connectivity index is 1.48. The molecule has 0 aromatic heterocycles. The average molecular weight is 276 g/mol. The summed E-state index contributed by atoms with van der Waals surface area (Å²) in [5.74, 6) is 0.998. The minimum absolute atomic E-state index is 0.463. The smallest absolute Gasteiger partial charge is 0.123 e. The number of hydrogen-bond acceptors (Lipinski definition) is 4. The van der Waals surface area contributed by atoms with E-state index in [0.717, 1.165) is 38.5 Å². The van der Waals surface area contributed by atoms with Gasteiger partial charge in [-0.1, -0.05) is 18.2 Å². The summed E-state index contributed by atoms with van der Waals surface area (Å²) in [6.45, 7) is 4.72. The Morgan fingerprint density at radius 1 is 1.25 bits per heavy atom. The number of ether oxygens (including phenoxy) is 2. The van der Waals surface area contributed by atoms with Crippen LogP contribution in [-0.2, 0) is 11.3 Å². The van der Waals surface area contributed by atoms with Crippen molar-refractivity contribution < 1.29 is 9.47 Å². The molecule has 4 heteroatoms. The van der Waals surface area contributed by atoms with Crippen LogP contribution in [0.2, 0.25) is 0 Å². The first-order valence-electron chi connectivity index (χ1n) is 7.58. The number of morpholine rings is 1. The summed E-state index contributed by atoms with van der Waals surface area (Å²) < 4.78 is 11.8. The van der Waals surface area contributed by atoms with Crippen LogP contribution in [0.3, 0.4) is 0 Å². The van der Waals surface area contributed by atoms with Gasteiger partial charge in [-0.3, -0.25) is 4.90 Å². The molecule has 2 fully saturated rings. The summed E-state index contributed by atoms with van der Waals surface area (Å²) in [7, 11) is 1.96.